The predicted octanol–water partition coefficient (Wildman–Crippen LogP) is 11.8. The van der Waals surface area contributed by atoms with Crippen molar-refractivity contribution in [2.24, 2.45) is 0 Å². The predicted molar refractivity (Wildman–Crippen MR) is 167 cm³/mol. The minimum atomic E-state index is -0.0436. The summed E-state index contributed by atoms with van der Waals surface area (Å²) in [7, 11) is 0. The maximum absolute atomic E-state index is 10.3. The molecule has 0 aliphatic carbocycles. The van der Waals surface area contributed by atoms with E-state index in [1.807, 2.05) is 0 Å². The van der Waals surface area contributed by atoms with Crippen LogP contribution in [0.4, 0.5) is 0 Å². The lowest BCUT2D eigenvalue weighted by Gasteiger charge is -2.10. The molecule has 0 saturated heterocycles. The Morgan fingerprint density at radius 2 is 0.541 bits per heavy atom. The van der Waals surface area contributed by atoms with Crippen molar-refractivity contribution < 1.29 is 10.2 Å². The molecule has 2 nitrogen and oxygen atoms in total. The van der Waals surface area contributed by atoms with Gasteiger partial charge in [-0.15, -0.1) is 0 Å². The lowest BCUT2D eigenvalue weighted by atomic mass is 10.0. The Balaban J connectivity index is 3.13. The molecular formula is C35H72O2. The van der Waals surface area contributed by atoms with Crippen molar-refractivity contribution >= 4 is 0 Å². The van der Waals surface area contributed by atoms with Crippen LogP contribution in [0, 0.1) is 0 Å². The summed E-state index contributed by atoms with van der Waals surface area (Å²) in [6, 6.07) is 0. The molecule has 0 aromatic heterocycles. The largest absolute Gasteiger partial charge is 0.396 e. The highest BCUT2D eigenvalue weighted by atomic mass is 16.3. The van der Waals surface area contributed by atoms with Crippen molar-refractivity contribution in [3.05, 3.63) is 0 Å². The summed E-state index contributed by atoms with van der Waals surface area (Å²) < 4.78 is 0. The molecule has 0 aliphatic heterocycles. The van der Waals surface area contributed by atoms with E-state index in [0.29, 0.717) is 6.61 Å². The Labute approximate surface area is 235 Å². The molecule has 0 amide bonds. The highest BCUT2D eigenvalue weighted by Crippen LogP contribution is 2.17. The third-order valence-electron chi connectivity index (χ3n) is 8.34. The van der Waals surface area contributed by atoms with Gasteiger partial charge in [-0.3, -0.25) is 0 Å². The van der Waals surface area contributed by atoms with Crippen LogP contribution in [0.2, 0.25) is 0 Å². The van der Waals surface area contributed by atoms with Crippen LogP contribution in [0.15, 0.2) is 0 Å². The Morgan fingerprint density at radius 1 is 0.324 bits per heavy atom. The van der Waals surface area contributed by atoms with E-state index in [9.17, 15) is 5.11 Å². The fourth-order valence-corrected chi connectivity index (χ4v) is 5.69. The zero-order chi connectivity index (χ0) is 26.9. The van der Waals surface area contributed by atoms with Gasteiger partial charge in [-0.2, -0.15) is 0 Å². The lowest BCUT2D eigenvalue weighted by Crippen LogP contribution is -2.05. The van der Waals surface area contributed by atoms with E-state index >= 15 is 0 Å². The monoisotopic (exact) mass is 525 g/mol. The van der Waals surface area contributed by atoms with Crippen LogP contribution >= 0.6 is 0 Å². The Kier molecular flexibility index (Phi) is 33.9. The molecule has 0 fully saturated rings. The summed E-state index contributed by atoms with van der Waals surface area (Å²) in [5, 5.41) is 19.0. The first kappa shape index (κ1) is 36.9. The second kappa shape index (κ2) is 33.9. The van der Waals surface area contributed by atoms with Gasteiger partial charge < -0.3 is 10.2 Å². The average Bonchev–Trinajstić information content (AvgIpc) is 2.90. The molecule has 0 rings (SSSR count). The highest BCUT2D eigenvalue weighted by Gasteiger charge is 2.04. The summed E-state index contributed by atoms with van der Waals surface area (Å²) in [5.41, 5.74) is 0. The quantitative estimate of drug-likeness (QED) is 0.0838. The summed E-state index contributed by atoms with van der Waals surface area (Å²) in [6.45, 7) is 2.66. The number of rotatable bonds is 33. The zero-order valence-electron chi connectivity index (χ0n) is 25.8. The summed E-state index contributed by atoms with van der Waals surface area (Å²) in [5.74, 6) is 0. The number of hydrogen-bond donors (Lipinski definition) is 2. The first-order chi connectivity index (χ1) is 18.3. The number of aliphatic hydroxyl groups is 2. The molecule has 0 saturated carbocycles. The van der Waals surface area contributed by atoms with E-state index in [4.69, 9.17) is 5.11 Å². The second-order valence-corrected chi connectivity index (χ2v) is 12.2. The second-order valence-electron chi connectivity index (χ2n) is 12.2. The molecule has 2 heteroatoms. The maximum atomic E-state index is 10.3. The van der Waals surface area contributed by atoms with Crippen molar-refractivity contribution in [3.63, 3.8) is 0 Å². The van der Waals surface area contributed by atoms with E-state index in [2.05, 4.69) is 6.92 Å². The molecule has 37 heavy (non-hydrogen) atoms. The minimum absolute atomic E-state index is 0.0436. The van der Waals surface area contributed by atoms with Gasteiger partial charge in [0, 0.05) is 6.61 Å². The first-order valence-corrected chi connectivity index (χ1v) is 17.6. The van der Waals surface area contributed by atoms with Crippen molar-refractivity contribution in [2.45, 2.75) is 218 Å². The zero-order valence-corrected chi connectivity index (χ0v) is 25.8. The van der Waals surface area contributed by atoms with Gasteiger partial charge in [0.1, 0.15) is 0 Å². The van der Waals surface area contributed by atoms with E-state index in [0.717, 1.165) is 19.3 Å². The molecule has 0 aromatic rings. The van der Waals surface area contributed by atoms with Crippen LogP contribution in [0.3, 0.4) is 0 Å². The first-order valence-electron chi connectivity index (χ1n) is 17.6. The standard InChI is InChI=1S/C35H72O2/c1-2-3-4-5-6-7-8-9-14-17-20-23-26-29-32-35(37)33-30-27-24-21-18-15-12-10-11-13-16-19-22-25-28-31-34-36/h35-37H,2-34H2,1H3. The molecule has 1 atom stereocenters. The molecule has 0 aromatic carbocycles. The third-order valence-corrected chi connectivity index (χ3v) is 8.34. The molecule has 0 aliphatic rings. The molecule has 1 unspecified atom stereocenters. The molecule has 0 bridgehead atoms. The van der Waals surface area contributed by atoms with Gasteiger partial charge in [0.05, 0.1) is 6.10 Å². The topological polar surface area (TPSA) is 40.5 Å². The SMILES string of the molecule is CCCCCCCCCCCCCCCCC(O)CCCCCCCCCCCCCCCCCCO. The Morgan fingerprint density at radius 3 is 0.784 bits per heavy atom. The van der Waals surface area contributed by atoms with Gasteiger partial charge in [-0.1, -0.05) is 193 Å². The highest BCUT2D eigenvalue weighted by molar-refractivity contribution is 4.58. The minimum Gasteiger partial charge on any atom is -0.396 e. The molecule has 0 spiro atoms. The van der Waals surface area contributed by atoms with Crippen LogP contribution in [-0.4, -0.2) is 22.9 Å². The van der Waals surface area contributed by atoms with Crippen molar-refractivity contribution in [1.29, 1.82) is 0 Å². The fraction of sp³-hybridized carbons (Fsp3) is 1.00. The normalized spacial score (nSPS) is 12.4. The van der Waals surface area contributed by atoms with Crippen LogP contribution in [0.25, 0.3) is 0 Å². The summed E-state index contributed by atoms with van der Waals surface area (Å²) in [4.78, 5) is 0. The van der Waals surface area contributed by atoms with Crippen LogP contribution < -0.4 is 0 Å². The van der Waals surface area contributed by atoms with Gasteiger partial charge in [0.25, 0.3) is 0 Å². The third kappa shape index (κ3) is 33.9. The maximum Gasteiger partial charge on any atom is 0.0540 e. The molecule has 2 N–H and O–H groups in total. The molecule has 0 heterocycles. The fourth-order valence-electron chi connectivity index (χ4n) is 5.69. The summed E-state index contributed by atoms with van der Waals surface area (Å²) in [6.07, 6.45) is 43.1. The average molecular weight is 525 g/mol. The molecule has 224 valence electrons. The van der Waals surface area contributed by atoms with Gasteiger partial charge in [-0.25, -0.2) is 0 Å². The number of unbranched alkanes of at least 4 members (excludes halogenated alkanes) is 28. The van der Waals surface area contributed by atoms with Crippen molar-refractivity contribution in [3.8, 4) is 0 Å². The van der Waals surface area contributed by atoms with Crippen molar-refractivity contribution in [1.82, 2.24) is 0 Å². The van der Waals surface area contributed by atoms with Crippen LogP contribution in [0.5, 0.6) is 0 Å². The molecule has 0 radical (unpaired) electrons. The molecular weight excluding hydrogens is 452 g/mol. The van der Waals surface area contributed by atoms with Crippen LogP contribution in [0.1, 0.15) is 212 Å². The Hall–Kier alpha value is -0.0800. The van der Waals surface area contributed by atoms with E-state index in [1.54, 1.807) is 0 Å². The van der Waals surface area contributed by atoms with Gasteiger partial charge in [0.2, 0.25) is 0 Å². The van der Waals surface area contributed by atoms with Gasteiger partial charge in [0.15, 0.2) is 0 Å². The number of aliphatic hydroxyl groups excluding tert-OH is 2. The van der Waals surface area contributed by atoms with E-state index < -0.39 is 0 Å². The number of hydrogen-bond acceptors (Lipinski definition) is 2. The van der Waals surface area contributed by atoms with Crippen LogP contribution in [-0.2, 0) is 0 Å². The van der Waals surface area contributed by atoms with E-state index in [1.165, 1.54) is 186 Å². The van der Waals surface area contributed by atoms with Gasteiger partial charge in [-0.05, 0) is 19.3 Å². The Bertz CT molecular complexity index is 383. The van der Waals surface area contributed by atoms with E-state index in [-0.39, 0.29) is 6.10 Å². The van der Waals surface area contributed by atoms with Crippen molar-refractivity contribution in [2.75, 3.05) is 6.61 Å². The lowest BCUT2D eigenvalue weighted by molar-refractivity contribution is 0.147. The van der Waals surface area contributed by atoms with Gasteiger partial charge >= 0.3 is 0 Å². The summed E-state index contributed by atoms with van der Waals surface area (Å²) >= 11 is 0. The smallest absolute Gasteiger partial charge is 0.0540 e.